The summed E-state index contributed by atoms with van der Waals surface area (Å²) in [5.41, 5.74) is 4.00. The van der Waals surface area contributed by atoms with Gasteiger partial charge in [-0.25, -0.2) is 0 Å². The molecular formula is C84H90N6O6. The lowest BCUT2D eigenvalue weighted by atomic mass is 9.64. The smallest absolute Gasteiger partial charge is 0.232 e. The van der Waals surface area contributed by atoms with Crippen LogP contribution in [0.25, 0.3) is 0 Å². The van der Waals surface area contributed by atoms with E-state index in [0.717, 1.165) is 4.90 Å². The van der Waals surface area contributed by atoms with E-state index in [1.54, 1.807) is 60.7 Å². The summed E-state index contributed by atoms with van der Waals surface area (Å²) >= 11 is 0. The molecule has 12 nitrogen and oxygen atoms in total. The van der Waals surface area contributed by atoms with Crippen molar-refractivity contribution in [3.8, 4) is 17.2 Å². The highest BCUT2D eigenvalue weighted by molar-refractivity contribution is 5.93. The zero-order chi connectivity index (χ0) is 111. The molecule has 3 atom stereocenters. The van der Waals surface area contributed by atoms with Crippen LogP contribution in [-0.4, -0.2) is 111 Å². The van der Waals surface area contributed by atoms with Gasteiger partial charge >= 0.3 is 0 Å². The van der Waals surface area contributed by atoms with Gasteiger partial charge in [0.05, 0.1) is 67.7 Å². The van der Waals surface area contributed by atoms with Crippen LogP contribution < -0.4 is 31.4 Å². The van der Waals surface area contributed by atoms with E-state index < -0.39 is 403 Å². The number of carbonyl (C=O) groups is 3. The second kappa shape index (κ2) is 29.8. The summed E-state index contributed by atoms with van der Waals surface area (Å²) in [7, 11) is 0. The molecule has 6 aliphatic rings. The minimum atomic E-state index is -3.50. The van der Waals surface area contributed by atoms with Gasteiger partial charge in [-0.15, -0.1) is 0 Å². The standard InChI is InChI=1S/3C28H30N2O2/c3*29-27(31)28(23-7-3-1-4-8-23,24-9-5-2-6-10-24)25-14-17-30(20-25)16-13-21-11-12-26-22(19-21)15-18-32-26/h3*1-12,19,25H,13-18,20H2,(H2,29,31)/t3*25-/m111/s1/i1D,2D,3D,4D,5D,6D,7D,8D,9D,10D,11D,12D,13D2,15D2,16D2,18D2,19D;1D,2D,3D,4D,5D,6D,7D,8D,9D,10D,11D,12D,13D2,15D2,18D2,19D;11D,12D,13D2,15D2,16D2,18D2,19D. The second-order valence-electron chi connectivity index (χ2n) is 22.3. The maximum atomic E-state index is 14.0. The summed E-state index contributed by atoms with van der Waals surface area (Å²) in [6.45, 7) is -18.2. The zero-order valence-electron chi connectivity index (χ0n) is 102. The Labute approximate surface area is 638 Å². The normalized spacial score (nSPS) is 29.8. The molecular weight excluding hydrogens is 1190 g/mol. The Hall–Kier alpha value is -9.33. The van der Waals surface area contributed by atoms with Crippen molar-refractivity contribution < 1.29 is 98.5 Å². The van der Waals surface area contributed by atoms with Crippen LogP contribution in [0.3, 0.4) is 0 Å². The van der Waals surface area contributed by atoms with Crippen molar-refractivity contribution in [3.63, 3.8) is 0 Å². The summed E-state index contributed by atoms with van der Waals surface area (Å²) in [6, 6.07) is -9.54. The van der Waals surface area contributed by atoms with Crippen LogP contribution in [0.2, 0.25) is 0 Å². The first-order valence-electron chi connectivity index (χ1n) is 55.4. The summed E-state index contributed by atoms with van der Waals surface area (Å²) in [6.07, 6.45) is -18.9. The Balaban J connectivity index is 0.000000185. The first-order chi connectivity index (χ1) is 67.3. The predicted molar refractivity (Wildman–Crippen MR) is 380 cm³/mol. The monoisotopic (exact) mass is 1330 g/mol. The number of rotatable bonds is 21. The van der Waals surface area contributed by atoms with Crippen molar-refractivity contribution in [3.05, 3.63) is 303 Å². The van der Waals surface area contributed by atoms with Gasteiger partial charge in [0.1, 0.15) is 33.5 Å². The third-order valence-corrected chi connectivity index (χ3v) is 17.2. The highest BCUT2D eigenvalue weighted by Crippen LogP contribution is 2.47. The first-order valence-corrected chi connectivity index (χ1v) is 29.9. The molecule has 0 radical (unpaired) electrons. The number of likely N-dealkylation sites (tertiary alicyclic amines) is 3. The minimum absolute atomic E-state index is 0.0162. The molecule has 0 spiro atoms. The lowest BCUT2D eigenvalue weighted by Crippen LogP contribution is -2.49. The molecule has 0 saturated carbocycles. The minimum Gasteiger partial charge on any atom is -0.493 e. The van der Waals surface area contributed by atoms with Crippen molar-refractivity contribution in [2.75, 3.05) is 78.5 Å². The number of benzene rings is 9. The molecule has 0 unspecified atom stereocenters. The third kappa shape index (κ3) is 13.5. The molecule has 6 heterocycles. The Morgan fingerprint density at radius 1 is 0.406 bits per heavy atom. The van der Waals surface area contributed by atoms with Crippen LogP contribution >= 0.6 is 0 Å². The van der Waals surface area contributed by atoms with E-state index in [1.165, 1.54) is 9.80 Å². The number of nitrogens with two attached hydrogens (primary N) is 3. The highest BCUT2D eigenvalue weighted by atomic mass is 16.5. The molecule has 6 aliphatic heterocycles. The molecule has 9 aromatic rings. The number of fused-ring (bicyclic) bond motifs is 3. The van der Waals surface area contributed by atoms with E-state index in [9.17, 15) is 14.4 Å². The number of carbonyl (C=O) groups excluding carboxylic acids is 3. The van der Waals surface area contributed by atoms with Gasteiger partial charge in [-0.3, -0.25) is 14.4 Å². The van der Waals surface area contributed by atoms with Gasteiger partial charge in [0.2, 0.25) is 17.7 Å². The van der Waals surface area contributed by atoms with Gasteiger partial charge in [0.15, 0.2) is 0 Å². The van der Waals surface area contributed by atoms with E-state index >= 15 is 0 Å². The second-order valence-corrected chi connectivity index (χ2v) is 22.3. The summed E-state index contributed by atoms with van der Waals surface area (Å²) in [5, 5.41) is 0. The fourth-order valence-corrected chi connectivity index (χ4v) is 12.8. The predicted octanol–water partition coefficient (Wildman–Crippen LogP) is 11.9. The molecule has 492 valence electrons. The Morgan fingerprint density at radius 2 is 0.708 bits per heavy atom. The summed E-state index contributed by atoms with van der Waals surface area (Å²) in [4.78, 5) is 44.6. The molecule has 12 heteroatoms. The van der Waals surface area contributed by atoms with Crippen LogP contribution in [0.4, 0.5) is 0 Å². The van der Waals surface area contributed by atoms with Gasteiger partial charge in [-0.05, 0) is 161 Å². The van der Waals surface area contributed by atoms with Crippen molar-refractivity contribution in [2.24, 2.45) is 35.0 Å². The zero-order valence-corrected chi connectivity index (χ0v) is 50.6. The van der Waals surface area contributed by atoms with Crippen LogP contribution in [0.15, 0.2) is 236 Å². The lowest BCUT2D eigenvalue weighted by Gasteiger charge is -2.37. The van der Waals surface area contributed by atoms with Crippen LogP contribution in [0.5, 0.6) is 17.2 Å². The Morgan fingerprint density at radius 3 is 1.04 bits per heavy atom. The molecule has 0 aromatic heterocycles. The Bertz CT molecular complexity index is 6680. The fraction of sp³-hybridized carbons (Fsp3) is 0.321. The van der Waals surface area contributed by atoms with Gasteiger partial charge in [-0.2, -0.15) is 0 Å². The molecule has 6 N–H and O–H groups in total. The largest absolute Gasteiger partial charge is 0.493 e. The van der Waals surface area contributed by atoms with Crippen LogP contribution in [-0.2, 0) is 68.9 Å². The molecule has 3 amide bonds. The molecule has 0 aliphatic carbocycles. The molecule has 3 saturated heterocycles. The van der Waals surface area contributed by atoms with Crippen molar-refractivity contribution in [1.29, 1.82) is 0 Å². The fourth-order valence-electron chi connectivity index (χ4n) is 12.8. The van der Waals surface area contributed by atoms with Crippen LogP contribution in [0, 0.1) is 17.8 Å². The summed E-state index contributed by atoms with van der Waals surface area (Å²) < 4.78 is 447. The van der Waals surface area contributed by atoms with E-state index in [0.29, 0.717) is 11.1 Å². The number of amides is 3. The number of primary amides is 3. The first kappa shape index (κ1) is 28.4. The quantitative estimate of drug-likeness (QED) is 0.0634. The molecule has 96 heavy (non-hydrogen) atoms. The van der Waals surface area contributed by atoms with Crippen LogP contribution in [0.1, 0.15) is 156 Å². The van der Waals surface area contributed by atoms with E-state index in [-0.39, 0.29) is 32.5 Å². The molecule has 9 aromatic carbocycles. The van der Waals surface area contributed by atoms with Gasteiger partial charge in [0, 0.05) is 80.2 Å². The SMILES string of the molecule is [2H]c1c([2H])c(C([2H])([2H])C([2H])([2H])N2CC[C@@H](C(C(N)=O)(c3ccccc3)c3ccccc3)C2)c([2H])c2c1OC([2H])([2H])C2([2H])[2H].[2H]c1c([2H])c([2H])c(C(C(N)=O)(c2c([2H])c([2H])c([2H])c([2H])c2[2H])[C@@H]2CCN(C([2H])([2H])C([2H])([2H])c3c([2H])c([2H])c4c(c3[2H])C([2H])([2H])C([2H])([2H])O4)C2)c([2H])c1[2H].[2H]c1c([2H])c([2H])c(C(C(N)=O)(c2c([2H])c([2H])c([2H])c([2H])c2[2H])[C@@H]2CCN(CC([2H])([2H])c3c([2H])c([2H])c4c(c3[2H])C([2H])([2H])C([2H])([2H])O4)C2)c([2H])c1[2H]. The number of hydrogen-bond acceptors (Lipinski definition) is 9. The van der Waals surface area contributed by atoms with Gasteiger partial charge < -0.3 is 46.1 Å². The van der Waals surface area contributed by atoms with Gasteiger partial charge in [0.25, 0.3) is 0 Å². The van der Waals surface area contributed by atoms with Gasteiger partial charge in [-0.1, -0.05) is 218 Å². The van der Waals surface area contributed by atoms with Crippen molar-refractivity contribution in [1.82, 2.24) is 14.7 Å². The summed E-state index contributed by atoms with van der Waals surface area (Å²) in [5.74, 6) is -9.33. The van der Waals surface area contributed by atoms with Crippen molar-refractivity contribution in [2.45, 2.75) is 73.7 Å². The van der Waals surface area contributed by atoms with E-state index in [4.69, 9.17) is 101 Å². The van der Waals surface area contributed by atoms with E-state index in [1.807, 2.05) is 0 Å². The number of nitrogens with zero attached hydrogens (tertiary/aromatic N) is 3. The number of ether oxygens (including phenoxy) is 3. The third-order valence-electron chi connectivity index (χ3n) is 17.2. The maximum absolute atomic E-state index is 14.0. The number of hydrogen-bond donors (Lipinski definition) is 3. The molecule has 15 rings (SSSR count). The topological polar surface area (TPSA) is 167 Å². The van der Waals surface area contributed by atoms with Crippen molar-refractivity contribution >= 4 is 17.7 Å². The Kier molecular flexibility index (Phi) is 8.80. The highest BCUT2D eigenvalue weighted by Gasteiger charge is 2.52. The lowest BCUT2D eigenvalue weighted by molar-refractivity contribution is -0.124. The van der Waals surface area contributed by atoms with E-state index in [2.05, 4.69) is 0 Å². The molecule has 0 bridgehead atoms. The molecule has 3 fully saturated rings. The average molecular weight is 1330 g/mol. The average Bonchev–Trinajstić information content (AvgIpc) is 1.59. The maximum Gasteiger partial charge on any atom is 0.232 e.